The van der Waals surface area contributed by atoms with Crippen LogP contribution in [0.3, 0.4) is 0 Å². The molecule has 0 atom stereocenters. The van der Waals surface area contributed by atoms with Crippen LogP contribution in [0.5, 0.6) is 0 Å². The summed E-state index contributed by atoms with van der Waals surface area (Å²) >= 11 is 1.26. The number of benzene rings is 2. The Labute approximate surface area is 201 Å². The molecule has 2 amide bonds. The Bertz CT molecular complexity index is 1080. The van der Waals surface area contributed by atoms with E-state index in [9.17, 15) is 22.8 Å². The third kappa shape index (κ3) is 5.47. The van der Waals surface area contributed by atoms with Crippen LogP contribution >= 0.6 is 11.8 Å². The lowest BCUT2D eigenvalue weighted by Gasteiger charge is -2.35. The van der Waals surface area contributed by atoms with Crippen LogP contribution in [0, 0.1) is 0 Å². The van der Waals surface area contributed by atoms with Gasteiger partial charge >= 0.3 is 6.18 Å². The molecule has 0 bridgehead atoms. The predicted octanol–water partition coefficient (Wildman–Crippen LogP) is 3.32. The molecule has 0 radical (unpaired) electrons. The maximum atomic E-state index is 13.4. The van der Waals surface area contributed by atoms with E-state index in [1.165, 1.54) is 33.7 Å². The number of nitrogens with one attached hydrogen (secondary N) is 1. The molecule has 34 heavy (non-hydrogen) atoms. The highest BCUT2D eigenvalue weighted by atomic mass is 32.2. The lowest BCUT2D eigenvalue weighted by Crippen LogP contribution is -3.14. The van der Waals surface area contributed by atoms with Gasteiger partial charge in [0.2, 0.25) is 5.91 Å². The summed E-state index contributed by atoms with van der Waals surface area (Å²) in [6, 6.07) is 12.0. The Morgan fingerprint density at radius 3 is 2.41 bits per heavy atom. The Morgan fingerprint density at radius 1 is 1.09 bits per heavy atom. The van der Waals surface area contributed by atoms with Gasteiger partial charge in [-0.3, -0.25) is 14.5 Å². The van der Waals surface area contributed by atoms with E-state index in [1.54, 1.807) is 6.08 Å². The number of hydrogen-bond donors (Lipinski definition) is 1. The number of alkyl halides is 3. The van der Waals surface area contributed by atoms with Gasteiger partial charge in [0.1, 0.15) is 6.54 Å². The molecule has 0 saturated carbocycles. The topological polar surface area (TPSA) is 45.1 Å². The smallest absolute Gasteiger partial charge is 0.332 e. The minimum atomic E-state index is -4.42. The number of para-hydroxylation sites is 1. The average molecular weight is 491 g/mol. The number of fused-ring (bicyclic) bond motifs is 1. The zero-order valence-electron chi connectivity index (χ0n) is 18.9. The van der Waals surface area contributed by atoms with Crippen LogP contribution in [0.15, 0.2) is 58.3 Å². The van der Waals surface area contributed by atoms with Crippen molar-refractivity contribution in [2.45, 2.75) is 24.4 Å². The largest absolute Gasteiger partial charge is 0.416 e. The van der Waals surface area contributed by atoms with Crippen LogP contribution in [0.2, 0.25) is 0 Å². The average Bonchev–Trinajstić information content (AvgIpc) is 2.82. The Hall–Kier alpha value is -2.78. The molecular weight excluding hydrogens is 463 g/mol. The highest BCUT2D eigenvalue weighted by Gasteiger charge is 2.33. The van der Waals surface area contributed by atoms with Gasteiger partial charge in [-0.25, -0.2) is 0 Å². The Balaban J connectivity index is 1.54. The first-order valence-corrected chi connectivity index (χ1v) is 12.2. The minimum absolute atomic E-state index is 0.0656. The van der Waals surface area contributed by atoms with Gasteiger partial charge in [-0.1, -0.05) is 43.0 Å². The van der Waals surface area contributed by atoms with Crippen molar-refractivity contribution in [2.75, 3.05) is 44.2 Å². The second kappa shape index (κ2) is 10.2. The summed E-state index contributed by atoms with van der Waals surface area (Å²) in [5, 5.41) is 0. The van der Waals surface area contributed by atoms with E-state index in [1.807, 2.05) is 29.2 Å². The maximum absolute atomic E-state index is 13.4. The predicted molar refractivity (Wildman–Crippen MR) is 127 cm³/mol. The molecule has 0 aliphatic carbocycles. The first kappa shape index (κ1) is 24.3. The number of carbonyl (C=O) groups is 2. The van der Waals surface area contributed by atoms with Gasteiger partial charge in [-0.15, -0.1) is 0 Å². The summed E-state index contributed by atoms with van der Waals surface area (Å²) in [6.45, 7) is 6.32. The summed E-state index contributed by atoms with van der Waals surface area (Å²) in [7, 11) is 0. The van der Waals surface area contributed by atoms with Crippen LogP contribution in [0.4, 0.5) is 18.9 Å². The van der Waals surface area contributed by atoms with E-state index in [-0.39, 0.29) is 18.4 Å². The highest BCUT2D eigenvalue weighted by molar-refractivity contribution is 8.04. The number of piperazine rings is 1. The van der Waals surface area contributed by atoms with E-state index in [0.717, 1.165) is 43.1 Å². The van der Waals surface area contributed by atoms with Gasteiger partial charge < -0.3 is 9.80 Å². The second-order valence-electron chi connectivity index (χ2n) is 8.47. The molecule has 9 heteroatoms. The molecule has 4 rings (SSSR count). The zero-order chi connectivity index (χ0) is 24.3. The number of halogens is 3. The van der Waals surface area contributed by atoms with E-state index < -0.39 is 11.7 Å². The normalized spacial score (nSPS) is 18.4. The van der Waals surface area contributed by atoms with E-state index in [0.29, 0.717) is 29.2 Å². The third-order valence-electron chi connectivity index (χ3n) is 6.09. The molecule has 2 aromatic carbocycles. The van der Waals surface area contributed by atoms with E-state index in [4.69, 9.17) is 0 Å². The number of nitrogens with zero attached hydrogens (tertiary/aromatic N) is 2. The fraction of sp³-hybridized carbons (Fsp3) is 0.360. The van der Waals surface area contributed by atoms with Gasteiger partial charge in [0.05, 0.1) is 48.9 Å². The molecule has 2 aromatic rings. The van der Waals surface area contributed by atoms with Gasteiger partial charge in [0.25, 0.3) is 5.91 Å². The Kier molecular flexibility index (Phi) is 7.33. The molecule has 2 aliphatic rings. The summed E-state index contributed by atoms with van der Waals surface area (Å²) in [4.78, 5) is 32.4. The SMILES string of the molecule is CCC[NH+]1CCN(C(=O)CN2C(=O)C(=Cc3ccc(C(F)(F)F)cc3)Sc3ccccc32)CC1. The molecule has 2 aliphatic heterocycles. The fourth-order valence-electron chi connectivity index (χ4n) is 4.25. The zero-order valence-corrected chi connectivity index (χ0v) is 19.7. The van der Waals surface area contributed by atoms with Crippen molar-refractivity contribution in [1.82, 2.24) is 4.90 Å². The third-order valence-corrected chi connectivity index (χ3v) is 7.17. The summed E-state index contributed by atoms with van der Waals surface area (Å²) in [6.07, 6.45) is -1.73. The molecule has 1 fully saturated rings. The maximum Gasteiger partial charge on any atom is 0.416 e. The first-order chi connectivity index (χ1) is 16.3. The molecule has 0 unspecified atom stereocenters. The van der Waals surface area contributed by atoms with Crippen molar-refractivity contribution in [1.29, 1.82) is 0 Å². The van der Waals surface area contributed by atoms with Crippen LogP contribution in [0.25, 0.3) is 6.08 Å². The first-order valence-electron chi connectivity index (χ1n) is 11.4. The second-order valence-corrected chi connectivity index (χ2v) is 9.55. The van der Waals surface area contributed by atoms with Gasteiger partial charge in [0.15, 0.2) is 0 Å². The Morgan fingerprint density at radius 2 is 1.76 bits per heavy atom. The molecule has 180 valence electrons. The molecule has 1 saturated heterocycles. The lowest BCUT2D eigenvalue weighted by atomic mass is 10.1. The molecule has 2 heterocycles. The van der Waals surface area contributed by atoms with Crippen LogP contribution in [-0.2, 0) is 15.8 Å². The van der Waals surface area contributed by atoms with Crippen molar-refractivity contribution in [2.24, 2.45) is 0 Å². The summed E-state index contributed by atoms with van der Waals surface area (Å²) in [5.41, 5.74) is 0.422. The molecule has 1 N–H and O–H groups in total. The lowest BCUT2D eigenvalue weighted by molar-refractivity contribution is -0.904. The minimum Gasteiger partial charge on any atom is -0.332 e. The molecule has 0 aromatic heterocycles. The number of thioether (sulfide) groups is 1. The standard InChI is InChI=1S/C25H26F3N3O2S/c1-2-11-29-12-14-30(15-13-29)23(32)17-31-20-5-3-4-6-21(20)34-22(24(31)33)16-18-7-9-19(10-8-18)25(26,27)28/h3-10,16H,2,11-15,17H2,1H3/p+1. The van der Waals surface area contributed by atoms with Crippen molar-refractivity contribution in [3.05, 3.63) is 64.6 Å². The van der Waals surface area contributed by atoms with Crippen molar-refractivity contribution in [3.63, 3.8) is 0 Å². The quantitative estimate of drug-likeness (QED) is 0.655. The highest BCUT2D eigenvalue weighted by Crippen LogP contribution is 2.42. The monoisotopic (exact) mass is 490 g/mol. The van der Waals surface area contributed by atoms with Crippen molar-refractivity contribution < 1.29 is 27.7 Å². The number of rotatable bonds is 5. The number of anilines is 1. The fourth-order valence-corrected chi connectivity index (χ4v) is 5.31. The molecule has 0 spiro atoms. The van der Waals surface area contributed by atoms with Gasteiger partial charge in [-0.2, -0.15) is 13.2 Å². The van der Waals surface area contributed by atoms with Crippen LogP contribution in [-0.4, -0.2) is 56.0 Å². The molecular formula is C25H27F3N3O2S+. The van der Waals surface area contributed by atoms with E-state index >= 15 is 0 Å². The number of quaternary nitrogens is 1. The van der Waals surface area contributed by atoms with Gasteiger partial charge in [-0.05, 0) is 42.3 Å². The van der Waals surface area contributed by atoms with E-state index in [2.05, 4.69) is 6.92 Å². The van der Waals surface area contributed by atoms with Crippen LogP contribution < -0.4 is 9.80 Å². The van der Waals surface area contributed by atoms with Crippen molar-refractivity contribution in [3.8, 4) is 0 Å². The summed E-state index contributed by atoms with van der Waals surface area (Å²) in [5.74, 6) is -0.424. The summed E-state index contributed by atoms with van der Waals surface area (Å²) < 4.78 is 38.6. The number of amides is 2. The van der Waals surface area contributed by atoms with Crippen LogP contribution in [0.1, 0.15) is 24.5 Å². The van der Waals surface area contributed by atoms with Gasteiger partial charge in [0, 0.05) is 4.90 Å². The molecule has 5 nitrogen and oxygen atoms in total. The number of hydrogen-bond acceptors (Lipinski definition) is 3. The number of carbonyl (C=O) groups excluding carboxylic acids is 2. The van der Waals surface area contributed by atoms with Crippen molar-refractivity contribution >= 4 is 35.3 Å².